The van der Waals surface area contributed by atoms with Crippen molar-refractivity contribution in [2.24, 2.45) is 5.92 Å². The van der Waals surface area contributed by atoms with E-state index in [9.17, 15) is 24.0 Å². The molecule has 0 N–H and O–H groups in total. The van der Waals surface area contributed by atoms with E-state index in [0.29, 0.717) is 0 Å². The van der Waals surface area contributed by atoms with Crippen molar-refractivity contribution in [2.45, 2.75) is 18.4 Å². The number of rotatable bonds is 16. The lowest BCUT2D eigenvalue weighted by Gasteiger charge is -2.50. The summed E-state index contributed by atoms with van der Waals surface area (Å²) in [6.07, 6.45) is 1.31. The fourth-order valence-electron chi connectivity index (χ4n) is 5.69. The number of benzene rings is 3. The Bertz CT molecular complexity index is 1730. The molecule has 2 amide bonds. The largest absolute Gasteiger partial charge is 0.508 e. The summed E-state index contributed by atoms with van der Waals surface area (Å²) in [5.74, 6) is -2.47. The molecule has 272 valence electrons. The first-order valence-electron chi connectivity index (χ1n) is 16.3. The zero-order valence-corrected chi connectivity index (χ0v) is 30.7. The number of thioether (sulfide) groups is 1. The average Bonchev–Trinajstić information content (AvgIpc) is 3.16. The van der Waals surface area contributed by atoms with Crippen LogP contribution in [0.2, 0.25) is 0 Å². The van der Waals surface area contributed by atoms with Crippen LogP contribution in [0.15, 0.2) is 129 Å². The number of likely N-dealkylation sites (tertiary alicyclic amines) is 1. The molecule has 0 saturated carbocycles. The van der Waals surface area contributed by atoms with E-state index < -0.39 is 60.1 Å². The van der Waals surface area contributed by atoms with E-state index in [2.05, 4.69) is 19.7 Å². The Hall–Kier alpha value is -5.32. The number of β-lactam (4-membered cyclic amide) rings is 1. The van der Waals surface area contributed by atoms with Gasteiger partial charge in [-0.15, -0.1) is 0 Å². The zero-order chi connectivity index (χ0) is 37.7. The van der Waals surface area contributed by atoms with Gasteiger partial charge in [-0.2, -0.15) is 0 Å². The summed E-state index contributed by atoms with van der Waals surface area (Å²) in [4.78, 5) is 70.4. The van der Waals surface area contributed by atoms with Crippen LogP contribution in [0, 0.1) is 5.92 Å². The van der Waals surface area contributed by atoms with Crippen LogP contribution >= 0.6 is 18.6 Å². The number of likely N-dealkylation sites (N-methyl/N-ethyl adjacent to an activating group) is 1. The van der Waals surface area contributed by atoms with Crippen molar-refractivity contribution in [2.75, 3.05) is 33.4 Å². The van der Waals surface area contributed by atoms with Crippen LogP contribution in [-0.2, 0) is 33.3 Å². The Morgan fingerprint density at radius 2 is 1.25 bits per heavy atom. The molecule has 0 aliphatic carbocycles. The fourth-order valence-corrected chi connectivity index (χ4v) is 11.5. The summed E-state index contributed by atoms with van der Waals surface area (Å²) in [5.41, 5.74) is 0.0182. The van der Waals surface area contributed by atoms with Gasteiger partial charge in [-0.25, -0.2) is 14.4 Å². The molecule has 3 atom stereocenters. The molecule has 1 fully saturated rings. The lowest BCUT2D eigenvalue weighted by Crippen LogP contribution is -2.67. The number of carbonyl (C=O) groups excluding carboxylic acids is 5. The van der Waals surface area contributed by atoms with Gasteiger partial charge in [0.25, 0.3) is 0 Å². The molecular formula is C39H41N2O9PS. The smallest absolute Gasteiger partial charge is 0.457 e. The molecular weight excluding hydrogens is 703 g/mol. The molecule has 11 nitrogen and oxygen atoms in total. The predicted octanol–water partition coefficient (Wildman–Crippen LogP) is 4.87. The van der Waals surface area contributed by atoms with E-state index in [1.54, 1.807) is 0 Å². The maximum Gasteiger partial charge on any atom is 0.508 e. The van der Waals surface area contributed by atoms with Gasteiger partial charge in [0.2, 0.25) is 11.0 Å². The molecule has 1 saturated heterocycles. The second-order valence-corrected chi connectivity index (χ2v) is 15.9. The van der Waals surface area contributed by atoms with Crippen molar-refractivity contribution in [3.05, 3.63) is 129 Å². The Morgan fingerprint density at radius 1 is 0.788 bits per heavy atom. The number of esters is 1. The van der Waals surface area contributed by atoms with Crippen LogP contribution in [0.1, 0.15) is 6.92 Å². The number of nitrogens with zero attached hydrogens (tertiary/aromatic N) is 2. The molecule has 3 aromatic carbocycles. The molecule has 52 heavy (non-hydrogen) atoms. The third kappa shape index (κ3) is 8.75. The lowest BCUT2D eigenvalue weighted by atomic mass is 9.92. The highest BCUT2D eigenvalue weighted by Crippen LogP contribution is 2.51. The summed E-state index contributed by atoms with van der Waals surface area (Å²) in [7, 11) is 1.40. The topological polar surface area (TPSA) is 129 Å². The second kappa shape index (κ2) is 18.8. The highest BCUT2D eigenvalue weighted by atomic mass is 32.2. The van der Waals surface area contributed by atoms with Gasteiger partial charge in [0.1, 0.15) is 42.6 Å². The van der Waals surface area contributed by atoms with Crippen molar-refractivity contribution in [3.8, 4) is 0 Å². The minimum absolute atomic E-state index is 0.0182. The second-order valence-electron chi connectivity index (χ2n) is 11.4. The number of carbonyl (C=O) groups is 5. The molecule has 0 bridgehead atoms. The first-order chi connectivity index (χ1) is 25.1. The van der Waals surface area contributed by atoms with Gasteiger partial charge in [0, 0.05) is 13.9 Å². The summed E-state index contributed by atoms with van der Waals surface area (Å²) >= 11 is 0.738. The van der Waals surface area contributed by atoms with Crippen LogP contribution in [0.3, 0.4) is 0 Å². The van der Waals surface area contributed by atoms with Gasteiger partial charge in [-0.1, -0.05) is 141 Å². The Morgan fingerprint density at radius 3 is 1.73 bits per heavy atom. The molecule has 3 aromatic rings. The lowest BCUT2D eigenvalue weighted by molar-refractivity contribution is -0.152. The molecule has 0 spiro atoms. The third-order valence-corrected chi connectivity index (χ3v) is 13.3. The monoisotopic (exact) mass is 744 g/mol. The van der Waals surface area contributed by atoms with Crippen LogP contribution in [0.4, 0.5) is 9.59 Å². The van der Waals surface area contributed by atoms with Crippen molar-refractivity contribution in [3.63, 3.8) is 0 Å². The number of hydrogen-bond acceptors (Lipinski definition) is 10. The van der Waals surface area contributed by atoms with Gasteiger partial charge in [0.05, 0.1) is 6.54 Å². The SMILES string of the molecule is C=CCOC(=O)OC(C)[C@H]1C(=O)N(C(C(=O)OCC=C)=P(c2ccccc2)(c2ccccc2)c2ccccc2)[C@@H]1SC(=O)CN(C)C(=O)OCC=C. The van der Waals surface area contributed by atoms with Gasteiger partial charge < -0.3 is 23.8 Å². The first kappa shape index (κ1) is 39.5. The van der Waals surface area contributed by atoms with Crippen molar-refractivity contribution < 1.29 is 42.9 Å². The predicted molar refractivity (Wildman–Crippen MR) is 204 cm³/mol. The Kier molecular flexibility index (Phi) is 14.3. The van der Waals surface area contributed by atoms with Gasteiger partial charge in [-0.3, -0.25) is 14.5 Å². The summed E-state index contributed by atoms with van der Waals surface area (Å²) in [6, 6.07) is 28.1. The Balaban J connectivity index is 2.00. The first-order valence-corrected chi connectivity index (χ1v) is 19.0. The van der Waals surface area contributed by atoms with Crippen molar-refractivity contribution in [1.82, 2.24) is 9.80 Å². The van der Waals surface area contributed by atoms with Gasteiger partial charge in [-0.05, 0) is 22.8 Å². The van der Waals surface area contributed by atoms with E-state index >= 15 is 0 Å². The fraction of sp³-hybridized carbons (Fsp3) is 0.231. The normalized spacial score (nSPS) is 15.6. The molecule has 1 unspecified atom stereocenters. The van der Waals surface area contributed by atoms with Crippen LogP contribution < -0.4 is 15.9 Å². The summed E-state index contributed by atoms with van der Waals surface area (Å²) in [5, 5.41) is 0.624. The van der Waals surface area contributed by atoms with E-state index in [1.807, 2.05) is 91.0 Å². The quantitative estimate of drug-likeness (QED) is 0.0660. The van der Waals surface area contributed by atoms with Crippen LogP contribution in [-0.4, -0.2) is 89.3 Å². The van der Waals surface area contributed by atoms with Crippen LogP contribution in [0.5, 0.6) is 0 Å². The van der Waals surface area contributed by atoms with E-state index in [1.165, 1.54) is 37.1 Å². The molecule has 4 rings (SSSR count). The minimum atomic E-state index is -3.30. The third-order valence-electron chi connectivity index (χ3n) is 7.94. The van der Waals surface area contributed by atoms with Crippen molar-refractivity contribution >= 4 is 69.2 Å². The van der Waals surface area contributed by atoms with Gasteiger partial charge in [0.15, 0.2) is 0 Å². The van der Waals surface area contributed by atoms with E-state index in [-0.39, 0.29) is 25.2 Å². The van der Waals surface area contributed by atoms with Crippen LogP contribution in [0.25, 0.3) is 0 Å². The van der Waals surface area contributed by atoms with E-state index in [4.69, 9.17) is 18.9 Å². The molecule has 1 aliphatic rings. The van der Waals surface area contributed by atoms with Crippen molar-refractivity contribution in [1.29, 1.82) is 0 Å². The Labute approximate surface area is 307 Å². The molecule has 0 radical (unpaired) electrons. The maximum atomic E-state index is 14.7. The highest BCUT2D eigenvalue weighted by molar-refractivity contribution is 8.14. The van der Waals surface area contributed by atoms with E-state index in [0.717, 1.165) is 32.6 Å². The summed E-state index contributed by atoms with van der Waals surface area (Å²) < 4.78 is 21.3. The number of hydrogen-bond donors (Lipinski definition) is 0. The van der Waals surface area contributed by atoms with Gasteiger partial charge >= 0.3 is 18.2 Å². The average molecular weight is 745 g/mol. The standard InChI is InChI=1S/C39H41N2O9PS/c1-6-24-47-37(44)35(51(29-18-12-9-13-19-29,30-20-14-10-15-21-30)31-22-16-11-17-23-31)41-34(43)33(28(4)50-39(46)49-26-8-3)36(41)52-32(42)27-40(5)38(45)48-25-7-2/h6-23,28,33,36H,1-3,24-27H2,4-5H3/t28?,33-,36+/m0/s1. The number of amides is 2. The molecule has 1 aliphatic heterocycles. The molecule has 13 heteroatoms. The minimum Gasteiger partial charge on any atom is -0.457 e. The molecule has 1 heterocycles. The number of ether oxygens (including phenoxy) is 4. The maximum absolute atomic E-state index is 14.7. The highest BCUT2D eigenvalue weighted by Gasteiger charge is 2.57. The zero-order valence-electron chi connectivity index (χ0n) is 29.0. The summed E-state index contributed by atoms with van der Waals surface area (Å²) in [6.45, 7) is 8.23. The molecule has 0 aromatic heterocycles.